The molecule has 1 heterocycles. The summed E-state index contributed by atoms with van der Waals surface area (Å²) in [5.41, 5.74) is 5.86. The van der Waals surface area contributed by atoms with E-state index in [4.69, 9.17) is 5.73 Å². The van der Waals surface area contributed by atoms with Gasteiger partial charge in [-0.1, -0.05) is 6.42 Å². The molecule has 1 fully saturated rings. The van der Waals surface area contributed by atoms with E-state index < -0.39 is 0 Å². The summed E-state index contributed by atoms with van der Waals surface area (Å²) in [6.07, 6.45) is 10.3. The van der Waals surface area contributed by atoms with E-state index >= 15 is 0 Å². The van der Waals surface area contributed by atoms with Crippen LogP contribution in [-0.2, 0) is 0 Å². The first-order valence-corrected chi connectivity index (χ1v) is 5.58. The van der Waals surface area contributed by atoms with Crippen molar-refractivity contribution >= 4 is 5.91 Å². The molecule has 1 amide bonds. The second-order valence-corrected chi connectivity index (χ2v) is 4.20. The number of hydrogen-bond donors (Lipinski definition) is 1. The van der Waals surface area contributed by atoms with Crippen LogP contribution < -0.4 is 10.3 Å². The first-order valence-electron chi connectivity index (χ1n) is 5.58. The van der Waals surface area contributed by atoms with Gasteiger partial charge in [0, 0.05) is 18.9 Å². The molecule has 0 saturated heterocycles. The Morgan fingerprint density at radius 1 is 1.33 bits per heavy atom. The van der Waals surface area contributed by atoms with Crippen LogP contribution in [0.5, 0.6) is 0 Å². The lowest BCUT2D eigenvalue weighted by molar-refractivity contribution is -0.725. The molecular formula is C12H17N2O+. The molecule has 1 aliphatic carbocycles. The third-order valence-electron chi connectivity index (χ3n) is 3.10. The summed E-state index contributed by atoms with van der Waals surface area (Å²) in [5, 5.41) is 0. The summed E-state index contributed by atoms with van der Waals surface area (Å²) in [4.78, 5) is 11.0. The molecule has 0 aromatic carbocycles. The minimum Gasteiger partial charge on any atom is -0.365 e. The van der Waals surface area contributed by atoms with E-state index in [0.29, 0.717) is 11.6 Å². The Hall–Kier alpha value is -1.38. The lowest BCUT2D eigenvalue weighted by atomic mass is 9.95. The lowest BCUT2D eigenvalue weighted by Gasteiger charge is -2.17. The molecule has 2 N–H and O–H groups in total. The molecule has 0 bridgehead atoms. The van der Waals surface area contributed by atoms with Crippen molar-refractivity contribution in [1.82, 2.24) is 0 Å². The van der Waals surface area contributed by atoms with Crippen LogP contribution in [-0.4, -0.2) is 5.91 Å². The molecule has 2 rings (SSSR count). The molecule has 15 heavy (non-hydrogen) atoms. The molecule has 1 aromatic heterocycles. The maximum absolute atomic E-state index is 11.0. The Morgan fingerprint density at radius 3 is 2.73 bits per heavy atom. The van der Waals surface area contributed by atoms with Gasteiger partial charge < -0.3 is 5.73 Å². The van der Waals surface area contributed by atoms with Gasteiger partial charge in [-0.2, -0.15) is 0 Å². The van der Waals surface area contributed by atoms with E-state index in [2.05, 4.69) is 4.57 Å². The molecule has 0 unspecified atom stereocenters. The zero-order valence-corrected chi connectivity index (χ0v) is 8.86. The van der Waals surface area contributed by atoms with E-state index in [9.17, 15) is 4.79 Å². The second-order valence-electron chi connectivity index (χ2n) is 4.20. The van der Waals surface area contributed by atoms with Gasteiger partial charge in [0.25, 0.3) is 5.91 Å². The summed E-state index contributed by atoms with van der Waals surface area (Å²) in [5.74, 6) is -0.347. The number of hydrogen-bond acceptors (Lipinski definition) is 1. The van der Waals surface area contributed by atoms with Gasteiger partial charge in [0.15, 0.2) is 18.4 Å². The van der Waals surface area contributed by atoms with Gasteiger partial charge in [-0.15, -0.1) is 0 Å². The smallest absolute Gasteiger partial charge is 0.254 e. The fourth-order valence-corrected chi connectivity index (χ4v) is 2.24. The number of carbonyl (C=O) groups excluding carboxylic acids is 1. The first kappa shape index (κ1) is 10.1. The number of pyridine rings is 1. The fourth-order valence-electron chi connectivity index (χ4n) is 2.24. The van der Waals surface area contributed by atoms with Crippen molar-refractivity contribution in [2.75, 3.05) is 0 Å². The highest BCUT2D eigenvalue weighted by molar-refractivity contribution is 5.92. The molecule has 1 saturated carbocycles. The van der Waals surface area contributed by atoms with Gasteiger partial charge in [0.2, 0.25) is 0 Å². The van der Waals surface area contributed by atoms with Crippen LogP contribution in [0.1, 0.15) is 48.5 Å². The van der Waals surface area contributed by atoms with Gasteiger partial charge in [0.05, 0.1) is 0 Å². The predicted octanol–water partition coefficient (Wildman–Crippen LogP) is 1.58. The predicted molar refractivity (Wildman–Crippen MR) is 57.3 cm³/mol. The van der Waals surface area contributed by atoms with E-state index in [1.54, 1.807) is 6.07 Å². The van der Waals surface area contributed by atoms with Crippen molar-refractivity contribution in [2.45, 2.75) is 38.1 Å². The number of carbonyl (C=O) groups is 1. The molecule has 0 aliphatic heterocycles. The van der Waals surface area contributed by atoms with Crippen LogP contribution in [0.25, 0.3) is 0 Å². The number of rotatable bonds is 2. The van der Waals surface area contributed by atoms with Crippen molar-refractivity contribution in [3.63, 3.8) is 0 Å². The quantitative estimate of drug-likeness (QED) is 0.732. The average Bonchev–Trinajstić information content (AvgIpc) is 2.30. The maximum Gasteiger partial charge on any atom is 0.254 e. The molecule has 0 atom stereocenters. The lowest BCUT2D eigenvalue weighted by Crippen LogP contribution is -2.40. The summed E-state index contributed by atoms with van der Waals surface area (Å²) in [7, 11) is 0. The van der Waals surface area contributed by atoms with E-state index in [1.807, 2.05) is 18.5 Å². The molecule has 0 radical (unpaired) electrons. The number of nitrogens with zero attached hydrogens (tertiary/aromatic N) is 1. The van der Waals surface area contributed by atoms with Crippen molar-refractivity contribution in [3.05, 3.63) is 30.1 Å². The normalized spacial score (nSPS) is 17.6. The summed E-state index contributed by atoms with van der Waals surface area (Å²) in [6.45, 7) is 0. The zero-order valence-electron chi connectivity index (χ0n) is 8.86. The largest absolute Gasteiger partial charge is 0.365 e. The van der Waals surface area contributed by atoms with Crippen LogP contribution in [0.3, 0.4) is 0 Å². The Balaban J connectivity index is 2.19. The minimum absolute atomic E-state index is 0.347. The fraction of sp³-hybridized carbons (Fsp3) is 0.500. The number of primary amides is 1. The summed E-state index contributed by atoms with van der Waals surface area (Å²) < 4.78 is 2.14. The van der Waals surface area contributed by atoms with E-state index in [1.165, 1.54) is 32.1 Å². The third-order valence-corrected chi connectivity index (χ3v) is 3.10. The number of amides is 1. The highest BCUT2D eigenvalue weighted by Crippen LogP contribution is 2.23. The maximum atomic E-state index is 11.0. The molecule has 3 nitrogen and oxygen atoms in total. The standard InChI is InChI=1S/C12H16N2O/c13-12(15)10-5-4-8-14(9-10)11-6-2-1-3-7-11/h4-5,8-9,11H,1-3,6-7H2,(H-,13,15)/p+1. The molecule has 1 aliphatic rings. The van der Waals surface area contributed by atoms with Crippen LogP contribution in [0.15, 0.2) is 24.5 Å². The van der Waals surface area contributed by atoms with Crippen LogP contribution >= 0.6 is 0 Å². The van der Waals surface area contributed by atoms with Crippen molar-refractivity contribution < 1.29 is 9.36 Å². The molecule has 80 valence electrons. The highest BCUT2D eigenvalue weighted by atomic mass is 16.1. The van der Waals surface area contributed by atoms with Crippen LogP contribution in [0.2, 0.25) is 0 Å². The zero-order chi connectivity index (χ0) is 10.7. The first-order chi connectivity index (χ1) is 7.27. The topological polar surface area (TPSA) is 47.0 Å². The van der Waals surface area contributed by atoms with Gasteiger partial charge >= 0.3 is 0 Å². The third kappa shape index (κ3) is 2.35. The molecule has 3 heteroatoms. The Labute approximate surface area is 89.9 Å². The molecular weight excluding hydrogens is 188 g/mol. The number of aromatic nitrogens is 1. The Bertz CT molecular complexity index is 356. The minimum atomic E-state index is -0.347. The summed E-state index contributed by atoms with van der Waals surface area (Å²) in [6, 6.07) is 4.22. The van der Waals surface area contributed by atoms with Crippen molar-refractivity contribution in [2.24, 2.45) is 5.73 Å². The van der Waals surface area contributed by atoms with Crippen LogP contribution in [0.4, 0.5) is 0 Å². The Kier molecular flexibility index (Phi) is 2.99. The summed E-state index contributed by atoms with van der Waals surface area (Å²) >= 11 is 0. The van der Waals surface area contributed by atoms with Gasteiger partial charge in [-0.3, -0.25) is 4.79 Å². The van der Waals surface area contributed by atoms with E-state index in [0.717, 1.165) is 0 Å². The highest BCUT2D eigenvalue weighted by Gasteiger charge is 2.21. The molecule has 0 spiro atoms. The Morgan fingerprint density at radius 2 is 2.07 bits per heavy atom. The van der Waals surface area contributed by atoms with Crippen LogP contribution in [0, 0.1) is 0 Å². The monoisotopic (exact) mass is 205 g/mol. The van der Waals surface area contributed by atoms with Gasteiger partial charge in [0.1, 0.15) is 5.56 Å². The van der Waals surface area contributed by atoms with Crippen molar-refractivity contribution in [1.29, 1.82) is 0 Å². The number of nitrogens with two attached hydrogens (primary N) is 1. The van der Waals surface area contributed by atoms with Gasteiger partial charge in [-0.05, 0) is 18.9 Å². The SMILES string of the molecule is NC(=O)c1ccc[n+](C2CCCCC2)c1. The van der Waals surface area contributed by atoms with E-state index in [-0.39, 0.29) is 5.91 Å². The van der Waals surface area contributed by atoms with Crippen molar-refractivity contribution in [3.8, 4) is 0 Å². The second kappa shape index (κ2) is 4.43. The van der Waals surface area contributed by atoms with Gasteiger partial charge in [-0.25, -0.2) is 4.57 Å². The average molecular weight is 205 g/mol. The molecule has 1 aromatic rings.